The first-order valence-corrected chi connectivity index (χ1v) is 12.1. The first kappa shape index (κ1) is 28.3. The Morgan fingerprint density at radius 3 is 2.31 bits per heavy atom. The third kappa shape index (κ3) is 8.67. The number of anilines is 2. The van der Waals surface area contributed by atoms with Crippen LogP contribution in [0.25, 0.3) is 5.57 Å². The molecule has 1 amide bonds. The number of carbonyl (C=O) groups excluding carboxylic acids is 2. The summed E-state index contributed by atoms with van der Waals surface area (Å²) in [6.45, 7) is 1.82. The lowest BCUT2D eigenvalue weighted by Gasteiger charge is -2.26. The normalized spacial score (nSPS) is 12.2. The number of rotatable bonds is 7. The molecule has 3 aromatic rings. The van der Waals surface area contributed by atoms with Gasteiger partial charge in [-0.15, -0.1) is 0 Å². The SMILES string of the molecule is CNc1cnc(C2=CCN(C(=N)N)CC2)cn1.NC(N)=NCc1ccc(NC(=O)c2ccc(C=O)cc2)cc1. The summed E-state index contributed by atoms with van der Waals surface area (Å²) in [5.41, 5.74) is 20.6. The van der Waals surface area contributed by atoms with Crippen molar-refractivity contribution in [3.8, 4) is 0 Å². The Bertz CT molecular complexity index is 1330. The molecule has 1 aliphatic heterocycles. The van der Waals surface area contributed by atoms with Gasteiger partial charge in [-0.2, -0.15) is 0 Å². The van der Waals surface area contributed by atoms with Crippen molar-refractivity contribution in [1.29, 1.82) is 5.41 Å². The molecule has 0 saturated heterocycles. The van der Waals surface area contributed by atoms with E-state index in [-0.39, 0.29) is 17.8 Å². The lowest BCUT2D eigenvalue weighted by Crippen LogP contribution is -2.39. The summed E-state index contributed by atoms with van der Waals surface area (Å²) < 4.78 is 0. The molecule has 0 saturated carbocycles. The van der Waals surface area contributed by atoms with Crippen LogP contribution >= 0.6 is 0 Å². The number of nitrogens with zero attached hydrogens (tertiary/aromatic N) is 4. The zero-order chi connectivity index (χ0) is 28.2. The van der Waals surface area contributed by atoms with Gasteiger partial charge in [-0.1, -0.05) is 30.3 Å². The molecule has 1 aliphatic rings. The number of benzene rings is 2. The molecule has 0 bridgehead atoms. The van der Waals surface area contributed by atoms with Crippen molar-refractivity contribution in [2.45, 2.75) is 13.0 Å². The molecule has 0 atom stereocenters. The van der Waals surface area contributed by atoms with E-state index in [2.05, 4.69) is 25.6 Å². The van der Waals surface area contributed by atoms with Gasteiger partial charge in [-0.05, 0) is 41.8 Å². The number of aromatic nitrogens is 2. The standard InChI is InChI=1S/C16H16N4O2.C11H16N6/c17-16(18)19-9-11-3-7-14(8-4-11)20-15(22)13-5-1-12(10-21)2-6-13;1-14-10-7-15-9(6-16-10)8-2-4-17(5-3-8)11(12)13/h1-8,10H,9H2,(H,20,22)(H4,17,18,19);2,6-7H,3-5H2,1H3,(H3,12,13)(H,14,16). The third-order valence-electron chi connectivity index (χ3n) is 5.75. The number of nitrogens with two attached hydrogens (primary N) is 3. The van der Waals surface area contributed by atoms with Crippen LogP contribution in [0.3, 0.4) is 0 Å². The zero-order valence-electron chi connectivity index (χ0n) is 21.6. The molecule has 0 aliphatic carbocycles. The van der Waals surface area contributed by atoms with Gasteiger partial charge in [0, 0.05) is 37.0 Å². The van der Waals surface area contributed by atoms with Crippen LogP contribution in [0.2, 0.25) is 0 Å². The van der Waals surface area contributed by atoms with Gasteiger partial charge in [0.2, 0.25) is 0 Å². The Morgan fingerprint density at radius 2 is 1.79 bits per heavy atom. The van der Waals surface area contributed by atoms with E-state index in [0.29, 0.717) is 29.9 Å². The molecule has 0 radical (unpaired) electrons. The lowest BCUT2D eigenvalue weighted by atomic mass is 10.1. The van der Waals surface area contributed by atoms with E-state index in [9.17, 15) is 9.59 Å². The van der Waals surface area contributed by atoms with Gasteiger partial charge in [-0.25, -0.2) is 9.98 Å². The van der Waals surface area contributed by atoms with Crippen LogP contribution in [0.5, 0.6) is 0 Å². The van der Waals surface area contributed by atoms with Crippen molar-refractivity contribution in [3.05, 3.63) is 89.4 Å². The molecule has 0 spiro atoms. The number of guanidine groups is 2. The van der Waals surface area contributed by atoms with Gasteiger partial charge in [0.25, 0.3) is 5.91 Å². The van der Waals surface area contributed by atoms with Gasteiger partial charge in [0.05, 0.1) is 24.6 Å². The Morgan fingerprint density at radius 1 is 1.08 bits per heavy atom. The summed E-state index contributed by atoms with van der Waals surface area (Å²) in [4.78, 5) is 36.9. The highest BCUT2D eigenvalue weighted by atomic mass is 16.1. The minimum absolute atomic E-state index is 0.0381. The summed E-state index contributed by atoms with van der Waals surface area (Å²) in [5.74, 6) is 0.679. The van der Waals surface area contributed by atoms with Crippen LogP contribution in [-0.4, -0.2) is 59.1 Å². The minimum atomic E-state index is -0.241. The molecular weight excluding hydrogens is 496 g/mol. The van der Waals surface area contributed by atoms with Crippen LogP contribution in [0.4, 0.5) is 11.5 Å². The minimum Gasteiger partial charge on any atom is -0.372 e. The topological polar surface area (TPSA) is 201 Å². The van der Waals surface area contributed by atoms with E-state index >= 15 is 0 Å². The first-order chi connectivity index (χ1) is 18.8. The molecule has 0 fully saturated rings. The maximum Gasteiger partial charge on any atom is 0.255 e. The highest BCUT2D eigenvalue weighted by molar-refractivity contribution is 6.04. The number of hydrogen-bond donors (Lipinski definition) is 6. The van der Waals surface area contributed by atoms with Gasteiger partial charge in [0.15, 0.2) is 11.9 Å². The van der Waals surface area contributed by atoms with Gasteiger partial charge < -0.3 is 32.7 Å². The monoisotopic (exact) mass is 528 g/mol. The zero-order valence-corrected chi connectivity index (χ0v) is 21.6. The van der Waals surface area contributed by atoms with Gasteiger partial charge in [-0.3, -0.25) is 20.0 Å². The van der Waals surface area contributed by atoms with Crippen LogP contribution in [-0.2, 0) is 6.54 Å². The maximum absolute atomic E-state index is 12.1. The largest absolute Gasteiger partial charge is 0.372 e. The second-order valence-electron chi connectivity index (χ2n) is 8.48. The Balaban J connectivity index is 0.000000223. The molecule has 39 heavy (non-hydrogen) atoms. The van der Waals surface area contributed by atoms with Crippen LogP contribution in [0.1, 0.15) is 38.4 Å². The van der Waals surface area contributed by atoms with Crippen LogP contribution in [0.15, 0.2) is 72.0 Å². The second kappa shape index (κ2) is 13.9. The number of nitrogens with one attached hydrogen (secondary N) is 3. The smallest absolute Gasteiger partial charge is 0.255 e. The lowest BCUT2D eigenvalue weighted by molar-refractivity contribution is 0.102. The Kier molecular flexibility index (Phi) is 10.1. The number of aldehydes is 1. The van der Waals surface area contributed by atoms with Crippen LogP contribution in [0, 0.1) is 5.41 Å². The number of aliphatic imine (C=N–C) groups is 1. The molecular formula is C27H32N10O2. The van der Waals surface area contributed by atoms with Gasteiger partial charge >= 0.3 is 0 Å². The molecule has 2 heterocycles. The summed E-state index contributed by atoms with van der Waals surface area (Å²) in [6.07, 6.45) is 7.10. The molecule has 4 rings (SSSR count). The highest BCUT2D eigenvalue weighted by Crippen LogP contribution is 2.20. The highest BCUT2D eigenvalue weighted by Gasteiger charge is 2.14. The fraction of sp³-hybridized carbons (Fsp3) is 0.185. The van der Waals surface area contributed by atoms with E-state index in [1.54, 1.807) is 48.8 Å². The average molecular weight is 529 g/mol. The Hall–Kier alpha value is -5.26. The van der Waals surface area contributed by atoms with E-state index in [4.69, 9.17) is 22.6 Å². The van der Waals surface area contributed by atoms with Crippen molar-refractivity contribution in [3.63, 3.8) is 0 Å². The van der Waals surface area contributed by atoms with E-state index in [1.165, 1.54) is 0 Å². The fourth-order valence-corrected chi connectivity index (χ4v) is 3.54. The molecule has 1 aromatic heterocycles. The van der Waals surface area contributed by atoms with Crippen molar-refractivity contribution in [2.75, 3.05) is 30.8 Å². The Labute approximate surface area is 226 Å². The number of amides is 1. The molecule has 12 nitrogen and oxygen atoms in total. The third-order valence-corrected chi connectivity index (χ3v) is 5.75. The number of carbonyl (C=O) groups is 2. The predicted octanol–water partition coefficient (Wildman–Crippen LogP) is 2.03. The van der Waals surface area contributed by atoms with E-state index < -0.39 is 0 Å². The van der Waals surface area contributed by atoms with Crippen LogP contribution < -0.4 is 27.8 Å². The predicted molar refractivity (Wildman–Crippen MR) is 153 cm³/mol. The van der Waals surface area contributed by atoms with Crippen molar-refractivity contribution < 1.29 is 9.59 Å². The summed E-state index contributed by atoms with van der Waals surface area (Å²) in [6, 6.07) is 13.6. The summed E-state index contributed by atoms with van der Waals surface area (Å²) in [7, 11) is 1.81. The summed E-state index contributed by atoms with van der Waals surface area (Å²) >= 11 is 0. The van der Waals surface area contributed by atoms with Gasteiger partial charge in [0.1, 0.15) is 12.1 Å². The maximum atomic E-state index is 12.1. The van der Waals surface area contributed by atoms with Crippen molar-refractivity contribution >= 4 is 41.2 Å². The molecule has 12 heteroatoms. The van der Waals surface area contributed by atoms with E-state index in [1.807, 2.05) is 30.2 Å². The fourth-order valence-electron chi connectivity index (χ4n) is 3.54. The number of hydrogen-bond acceptors (Lipinski definition) is 7. The molecule has 0 unspecified atom stereocenters. The second-order valence-corrected chi connectivity index (χ2v) is 8.48. The average Bonchev–Trinajstić information content (AvgIpc) is 2.97. The molecule has 9 N–H and O–H groups in total. The molecule has 2 aromatic carbocycles. The quantitative estimate of drug-likeness (QED) is 0.151. The van der Waals surface area contributed by atoms with E-state index in [0.717, 1.165) is 41.9 Å². The van der Waals surface area contributed by atoms with Crippen molar-refractivity contribution in [2.24, 2.45) is 22.2 Å². The van der Waals surface area contributed by atoms with Crippen molar-refractivity contribution in [1.82, 2.24) is 14.9 Å². The first-order valence-electron chi connectivity index (χ1n) is 12.1. The molecule has 202 valence electrons. The summed E-state index contributed by atoms with van der Waals surface area (Å²) in [5, 5.41) is 13.1.